The number of nitrogens with zero attached hydrogens (tertiary/aromatic N) is 2. The van der Waals surface area contributed by atoms with Crippen LogP contribution in [0.4, 0.5) is 10.7 Å². The maximum absolute atomic E-state index is 12.9. The van der Waals surface area contributed by atoms with Gasteiger partial charge in [-0.05, 0) is 56.0 Å². The van der Waals surface area contributed by atoms with Crippen molar-refractivity contribution >= 4 is 55.3 Å². The van der Waals surface area contributed by atoms with E-state index in [2.05, 4.69) is 0 Å². The third kappa shape index (κ3) is 5.14. The highest BCUT2D eigenvalue weighted by Crippen LogP contribution is 2.40. The summed E-state index contributed by atoms with van der Waals surface area (Å²) in [4.78, 5) is 12.6. The van der Waals surface area contributed by atoms with Crippen LogP contribution in [0, 0.1) is 17.0 Å². The minimum absolute atomic E-state index is 0.0937. The third-order valence-electron chi connectivity index (χ3n) is 4.51. The first-order valence-corrected chi connectivity index (χ1v) is 12.0. The van der Waals surface area contributed by atoms with Crippen LogP contribution in [0.1, 0.15) is 25.0 Å². The number of aryl methyl sites for hydroxylation is 1. The van der Waals surface area contributed by atoms with Gasteiger partial charge in [-0.25, -0.2) is 0 Å². The standard InChI is InChI=1S/C18H22Cl2N2O5S2/c1-13-12-14(4-5-16(13)21(9-7-19)10-8-20)27-29(25,26)18(2,3)15-6-11-28-17(15)22(23)24/h4-6,11-12H,7-10H2,1-3H3. The summed E-state index contributed by atoms with van der Waals surface area (Å²) in [5, 5.41) is 12.5. The highest BCUT2D eigenvalue weighted by molar-refractivity contribution is 7.88. The Balaban J connectivity index is 2.33. The van der Waals surface area contributed by atoms with Crippen LogP contribution in [0.25, 0.3) is 0 Å². The van der Waals surface area contributed by atoms with Gasteiger partial charge in [-0.3, -0.25) is 10.1 Å². The zero-order valence-electron chi connectivity index (χ0n) is 16.2. The highest BCUT2D eigenvalue weighted by Gasteiger charge is 2.43. The summed E-state index contributed by atoms with van der Waals surface area (Å²) in [6, 6.07) is 6.35. The predicted molar refractivity (Wildman–Crippen MR) is 118 cm³/mol. The molecule has 0 saturated heterocycles. The topological polar surface area (TPSA) is 89.8 Å². The summed E-state index contributed by atoms with van der Waals surface area (Å²) in [7, 11) is -4.22. The Morgan fingerprint density at radius 2 is 1.83 bits per heavy atom. The fourth-order valence-corrected chi connectivity index (χ4v) is 5.20. The zero-order chi connectivity index (χ0) is 21.8. The van der Waals surface area contributed by atoms with Crippen molar-refractivity contribution in [3.05, 3.63) is 50.9 Å². The molecule has 0 spiro atoms. The van der Waals surface area contributed by atoms with Crippen molar-refractivity contribution in [1.29, 1.82) is 0 Å². The number of nitro groups is 1. The first kappa shape index (κ1) is 23.7. The van der Waals surface area contributed by atoms with Crippen LogP contribution in [0.15, 0.2) is 29.6 Å². The normalized spacial score (nSPS) is 12.0. The Morgan fingerprint density at radius 3 is 2.34 bits per heavy atom. The van der Waals surface area contributed by atoms with Crippen LogP contribution in [-0.4, -0.2) is 38.2 Å². The van der Waals surface area contributed by atoms with Gasteiger partial charge in [-0.2, -0.15) is 8.42 Å². The van der Waals surface area contributed by atoms with Gasteiger partial charge in [0.05, 0.1) is 10.5 Å². The SMILES string of the molecule is Cc1cc(OS(=O)(=O)C(C)(C)c2ccsc2[N+](=O)[O-])ccc1N(CCCl)CCCl. The van der Waals surface area contributed by atoms with Gasteiger partial charge < -0.3 is 9.08 Å². The molecule has 1 aromatic heterocycles. The average Bonchev–Trinajstić information content (AvgIpc) is 3.12. The van der Waals surface area contributed by atoms with Gasteiger partial charge in [0.2, 0.25) is 0 Å². The quantitative estimate of drug-likeness (QED) is 0.208. The molecule has 0 bridgehead atoms. The Morgan fingerprint density at radius 1 is 1.21 bits per heavy atom. The van der Waals surface area contributed by atoms with Crippen molar-refractivity contribution in [2.75, 3.05) is 29.7 Å². The molecular weight excluding hydrogens is 459 g/mol. The number of benzene rings is 1. The van der Waals surface area contributed by atoms with E-state index in [1.165, 1.54) is 25.3 Å². The molecule has 11 heteroatoms. The van der Waals surface area contributed by atoms with Crippen molar-refractivity contribution in [2.45, 2.75) is 25.5 Å². The monoisotopic (exact) mass is 480 g/mol. The lowest BCUT2D eigenvalue weighted by molar-refractivity contribution is -0.381. The van der Waals surface area contributed by atoms with Gasteiger partial charge in [-0.15, -0.1) is 23.2 Å². The Bertz CT molecular complexity index is 970. The molecule has 7 nitrogen and oxygen atoms in total. The van der Waals surface area contributed by atoms with E-state index < -0.39 is 19.8 Å². The molecule has 0 fully saturated rings. The molecule has 0 saturated carbocycles. The van der Waals surface area contributed by atoms with E-state index in [1.54, 1.807) is 18.2 Å². The van der Waals surface area contributed by atoms with Crippen molar-refractivity contribution in [3.8, 4) is 5.75 Å². The minimum atomic E-state index is -4.22. The maximum Gasteiger partial charge on any atom is 0.328 e. The second-order valence-corrected chi connectivity index (χ2v) is 10.5. The first-order valence-electron chi connectivity index (χ1n) is 8.69. The molecule has 0 N–H and O–H groups in total. The summed E-state index contributed by atoms with van der Waals surface area (Å²) in [6.07, 6.45) is 0. The molecule has 2 aromatic rings. The first-order chi connectivity index (χ1) is 13.5. The van der Waals surface area contributed by atoms with Crippen LogP contribution >= 0.6 is 34.5 Å². The van der Waals surface area contributed by atoms with Gasteiger partial charge in [0.25, 0.3) is 0 Å². The fourth-order valence-electron chi connectivity index (χ4n) is 2.86. The van der Waals surface area contributed by atoms with Crippen LogP contribution < -0.4 is 9.08 Å². The van der Waals surface area contributed by atoms with Crippen molar-refractivity contribution in [3.63, 3.8) is 0 Å². The number of thiophene rings is 1. The smallest absolute Gasteiger partial charge is 0.328 e. The number of rotatable bonds is 10. The summed E-state index contributed by atoms with van der Waals surface area (Å²) in [5.41, 5.74) is 1.77. The minimum Gasteiger partial charge on any atom is -0.382 e. The molecule has 0 aliphatic carbocycles. The molecule has 1 aromatic carbocycles. The Labute approximate surface area is 184 Å². The molecule has 0 unspecified atom stereocenters. The molecule has 29 heavy (non-hydrogen) atoms. The van der Waals surface area contributed by atoms with Crippen LogP contribution in [0.5, 0.6) is 5.75 Å². The van der Waals surface area contributed by atoms with Gasteiger partial charge in [0, 0.05) is 30.5 Å². The number of hydrogen-bond acceptors (Lipinski definition) is 7. The molecule has 0 aliphatic heterocycles. The Hall–Kier alpha value is -1.55. The maximum atomic E-state index is 12.9. The van der Waals surface area contributed by atoms with Crippen LogP contribution in [0.2, 0.25) is 0 Å². The molecule has 0 radical (unpaired) electrons. The van der Waals surface area contributed by atoms with E-state index in [-0.39, 0.29) is 16.3 Å². The van der Waals surface area contributed by atoms with Gasteiger partial charge in [0.1, 0.15) is 10.5 Å². The van der Waals surface area contributed by atoms with Gasteiger partial charge in [0.15, 0.2) is 0 Å². The van der Waals surface area contributed by atoms with E-state index in [0.29, 0.717) is 24.8 Å². The third-order valence-corrected chi connectivity index (χ3v) is 7.59. The summed E-state index contributed by atoms with van der Waals surface area (Å²) >= 11 is 12.6. The predicted octanol–water partition coefficient (Wildman–Crippen LogP) is 4.89. The number of hydrogen-bond donors (Lipinski definition) is 0. The molecule has 0 amide bonds. The lowest BCUT2D eigenvalue weighted by atomic mass is 10.1. The van der Waals surface area contributed by atoms with Gasteiger partial charge >= 0.3 is 15.1 Å². The Kier molecular flexibility index (Phi) is 7.78. The average molecular weight is 481 g/mol. The summed E-state index contributed by atoms with van der Waals surface area (Å²) in [5.74, 6) is 0.988. The van der Waals surface area contributed by atoms with E-state index in [0.717, 1.165) is 22.6 Å². The molecule has 1 heterocycles. The molecular formula is C18H22Cl2N2O5S2. The molecule has 0 atom stereocenters. The van der Waals surface area contributed by atoms with Gasteiger partial charge in [-0.1, -0.05) is 11.3 Å². The van der Waals surface area contributed by atoms with E-state index in [9.17, 15) is 18.5 Å². The van der Waals surface area contributed by atoms with Crippen LogP contribution in [-0.2, 0) is 14.9 Å². The molecule has 2 rings (SSSR count). The lowest BCUT2D eigenvalue weighted by Crippen LogP contribution is -2.33. The van der Waals surface area contributed by atoms with E-state index in [1.807, 2.05) is 11.8 Å². The van der Waals surface area contributed by atoms with Crippen molar-refractivity contribution in [2.24, 2.45) is 0 Å². The van der Waals surface area contributed by atoms with Crippen LogP contribution in [0.3, 0.4) is 0 Å². The molecule has 0 aliphatic rings. The summed E-state index contributed by atoms with van der Waals surface area (Å²) < 4.78 is 29.6. The number of halogens is 2. The fraction of sp³-hybridized carbons (Fsp3) is 0.444. The summed E-state index contributed by atoms with van der Waals surface area (Å²) in [6.45, 7) is 5.81. The van der Waals surface area contributed by atoms with E-state index in [4.69, 9.17) is 27.4 Å². The molecule has 160 valence electrons. The highest BCUT2D eigenvalue weighted by atomic mass is 35.5. The number of anilines is 1. The second kappa shape index (κ2) is 9.51. The number of alkyl halides is 2. The van der Waals surface area contributed by atoms with Crippen molar-refractivity contribution < 1.29 is 17.5 Å². The zero-order valence-corrected chi connectivity index (χ0v) is 19.4. The van der Waals surface area contributed by atoms with Crippen molar-refractivity contribution in [1.82, 2.24) is 0 Å². The second-order valence-electron chi connectivity index (χ2n) is 6.76. The largest absolute Gasteiger partial charge is 0.382 e. The van der Waals surface area contributed by atoms with E-state index >= 15 is 0 Å². The lowest BCUT2D eigenvalue weighted by Gasteiger charge is -2.26.